The molecule has 0 saturated carbocycles. The van der Waals surface area contributed by atoms with E-state index < -0.39 is 5.97 Å². The van der Waals surface area contributed by atoms with Crippen molar-refractivity contribution >= 4 is 16.9 Å². The van der Waals surface area contributed by atoms with Crippen LogP contribution in [0.5, 0.6) is 0 Å². The van der Waals surface area contributed by atoms with Crippen LogP contribution in [-0.2, 0) is 11.2 Å². The smallest absolute Gasteiger partial charge is 0.303 e. The molecule has 2 aromatic rings. The first-order valence-electron chi connectivity index (χ1n) is 4.58. The fourth-order valence-electron chi connectivity index (χ4n) is 1.57. The highest BCUT2D eigenvalue weighted by molar-refractivity contribution is 5.81. The molecule has 0 spiro atoms. The highest BCUT2D eigenvalue weighted by Crippen LogP contribution is 2.14. The largest absolute Gasteiger partial charge is 0.481 e. The van der Waals surface area contributed by atoms with E-state index in [0.717, 1.165) is 5.56 Å². The maximum Gasteiger partial charge on any atom is 0.303 e. The second-order valence-corrected chi connectivity index (χ2v) is 3.31. The predicted octanol–water partition coefficient (Wildman–Crippen LogP) is 0.873. The van der Waals surface area contributed by atoms with Gasteiger partial charge in [0.05, 0.1) is 10.9 Å². The minimum absolute atomic E-state index is 0.0618. The van der Waals surface area contributed by atoms with Gasteiger partial charge in [-0.05, 0) is 18.1 Å². The number of carboxylic acids is 1. The number of H-pyrrole nitrogens is 2. The molecule has 3 N–H and O–H groups in total. The van der Waals surface area contributed by atoms with Crippen LogP contribution in [0.2, 0.25) is 0 Å². The van der Waals surface area contributed by atoms with Gasteiger partial charge >= 0.3 is 5.97 Å². The first-order chi connectivity index (χ1) is 7.18. The van der Waals surface area contributed by atoms with Gasteiger partial charge in [-0.15, -0.1) is 0 Å². The normalized spacial score (nSPS) is 10.7. The summed E-state index contributed by atoms with van der Waals surface area (Å²) < 4.78 is 0. The van der Waals surface area contributed by atoms with Crippen molar-refractivity contribution in [3.05, 3.63) is 34.1 Å². The number of carbonyl (C=O) groups is 1. The van der Waals surface area contributed by atoms with Crippen LogP contribution in [0.3, 0.4) is 0 Å². The Hall–Kier alpha value is -2.04. The van der Waals surface area contributed by atoms with Gasteiger partial charge in [-0.3, -0.25) is 19.8 Å². The highest BCUT2D eigenvalue weighted by Gasteiger charge is 2.06. The summed E-state index contributed by atoms with van der Waals surface area (Å²) in [5, 5.41) is 14.4. The molecule has 5 heteroatoms. The van der Waals surface area contributed by atoms with Crippen molar-refractivity contribution in [2.24, 2.45) is 0 Å². The SMILES string of the molecule is O=C(O)CCc1cccc2c(=O)[nH][nH]c12. The molecule has 0 saturated heterocycles. The number of para-hydroxylation sites is 1. The van der Waals surface area contributed by atoms with Crippen molar-refractivity contribution < 1.29 is 9.90 Å². The zero-order valence-corrected chi connectivity index (χ0v) is 7.91. The van der Waals surface area contributed by atoms with Crippen molar-refractivity contribution in [2.75, 3.05) is 0 Å². The highest BCUT2D eigenvalue weighted by atomic mass is 16.4. The van der Waals surface area contributed by atoms with Gasteiger partial charge in [0, 0.05) is 6.42 Å². The molecule has 0 aliphatic carbocycles. The topological polar surface area (TPSA) is 85.9 Å². The van der Waals surface area contributed by atoms with Gasteiger partial charge in [0.25, 0.3) is 5.56 Å². The molecule has 5 nitrogen and oxygen atoms in total. The summed E-state index contributed by atoms with van der Waals surface area (Å²) in [5.74, 6) is -0.843. The van der Waals surface area contributed by atoms with Crippen molar-refractivity contribution in [3.8, 4) is 0 Å². The number of hydrogen-bond acceptors (Lipinski definition) is 2. The number of carboxylic acid groups (broad SMARTS) is 1. The van der Waals surface area contributed by atoms with Crippen molar-refractivity contribution in [3.63, 3.8) is 0 Å². The Morgan fingerprint density at radius 3 is 2.87 bits per heavy atom. The monoisotopic (exact) mass is 206 g/mol. The molecular formula is C10H10N2O3. The molecule has 15 heavy (non-hydrogen) atoms. The molecule has 0 aliphatic heterocycles. The number of aliphatic carboxylic acids is 1. The van der Waals surface area contributed by atoms with Crippen LogP contribution < -0.4 is 5.56 Å². The van der Waals surface area contributed by atoms with E-state index in [-0.39, 0.29) is 12.0 Å². The quantitative estimate of drug-likeness (QED) is 0.696. The van der Waals surface area contributed by atoms with Gasteiger partial charge in [-0.1, -0.05) is 12.1 Å². The summed E-state index contributed by atoms with van der Waals surface area (Å²) in [4.78, 5) is 21.7. The molecule has 0 bridgehead atoms. The molecule has 0 unspecified atom stereocenters. The number of benzene rings is 1. The van der Waals surface area contributed by atoms with Crippen LogP contribution in [0.1, 0.15) is 12.0 Å². The van der Waals surface area contributed by atoms with Gasteiger partial charge in [-0.25, -0.2) is 0 Å². The van der Waals surface area contributed by atoms with E-state index in [1.807, 2.05) is 6.07 Å². The lowest BCUT2D eigenvalue weighted by atomic mass is 10.1. The van der Waals surface area contributed by atoms with Crippen LogP contribution in [0.4, 0.5) is 0 Å². The van der Waals surface area contributed by atoms with Gasteiger partial charge in [0.2, 0.25) is 0 Å². The summed E-state index contributed by atoms with van der Waals surface area (Å²) in [6.45, 7) is 0. The number of aromatic amines is 2. The Balaban J connectivity index is 2.43. The number of hydrogen-bond donors (Lipinski definition) is 3. The Kier molecular flexibility index (Phi) is 2.29. The van der Waals surface area contributed by atoms with Crippen LogP contribution >= 0.6 is 0 Å². The fraction of sp³-hybridized carbons (Fsp3) is 0.200. The number of aryl methyl sites for hydroxylation is 1. The molecule has 1 aromatic heterocycles. The third-order valence-corrected chi connectivity index (χ3v) is 2.30. The second kappa shape index (κ2) is 3.61. The van der Waals surface area contributed by atoms with Crippen LogP contribution in [0.15, 0.2) is 23.0 Å². The molecule has 78 valence electrons. The molecule has 0 amide bonds. The first-order valence-corrected chi connectivity index (χ1v) is 4.58. The van der Waals surface area contributed by atoms with E-state index >= 15 is 0 Å². The van der Waals surface area contributed by atoms with E-state index in [4.69, 9.17) is 5.11 Å². The molecule has 0 aliphatic rings. The lowest BCUT2D eigenvalue weighted by Crippen LogP contribution is -1.99. The number of aromatic nitrogens is 2. The molecule has 0 radical (unpaired) electrons. The summed E-state index contributed by atoms with van der Waals surface area (Å²) in [7, 11) is 0. The standard InChI is InChI=1S/C10H10N2O3/c13-8(14)5-4-6-2-1-3-7-9(6)11-12-10(7)15/h1-3H,4-5H2,(H,13,14)(H2,11,12,15). The van der Waals surface area contributed by atoms with Crippen molar-refractivity contribution in [2.45, 2.75) is 12.8 Å². The van der Waals surface area contributed by atoms with Crippen molar-refractivity contribution in [1.82, 2.24) is 10.2 Å². The lowest BCUT2D eigenvalue weighted by molar-refractivity contribution is -0.136. The van der Waals surface area contributed by atoms with E-state index in [1.165, 1.54) is 0 Å². The van der Waals surface area contributed by atoms with E-state index in [0.29, 0.717) is 17.3 Å². The summed E-state index contributed by atoms with van der Waals surface area (Å²) in [6, 6.07) is 5.27. The van der Waals surface area contributed by atoms with Gasteiger partial charge in [0.1, 0.15) is 0 Å². The summed E-state index contributed by atoms with van der Waals surface area (Å²) in [5.41, 5.74) is 1.36. The predicted molar refractivity (Wildman–Crippen MR) is 54.9 cm³/mol. The number of rotatable bonds is 3. The average Bonchev–Trinajstić information content (AvgIpc) is 2.58. The van der Waals surface area contributed by atoms with Crippen LogP contribution in [-0.4, -0.2) is 21.3 Å². The van der Waals surface area contributed by atoms with Crippen LogP contribution in [0.25, 0.3) is 10.9 Å². The van der Waals surface area contributed by atoms with E-state index in [9.17, 15) is 9.59 Å². The molecule has 2 rings (SSSR count). The Labute approximate surface area is 84.7 Å². The first kappa shape index (κ1) is 9.51. The van der Waals surface area contributed by atoms with Crippen molar-refractivity contribution in [1.29, 1.82) is 0 Å². The Morgan fingerprint density at radius 2 is 2.13 bits per heavy atom. The summed E-state index contributed by atoms with van der Waals surface area (Å²) >= 11 is 0. The maximum atomic E-state index is 11.3. The zero-order chi connectivity index (χ0) is 10.8. The minimum Gasteiger partial charge on any atom is -0.481 e. The minimum atomic E-state index is -0.843. The van der Waals surface area contributed by atoms with Gasteiger partial charge < -0.3 is 5.11 Å². The number of nitrogens with one attached hydrogen (secondary N) is 2. The maximum absolute atomic E-state index is 11.3. The molecule has 1 aromatic carbocycles. The second-order valence-electron chi connectivity index (χ2n) is 3.31. The molecule has 0 atom stereocenters. The van der Waals surface area contributed by atoms with Gasteiger partial charge in [0.15, 0.2) is 0 Å². The molecule has 0 fully saturated rings. The van der Waals surface area contributed by atoms with Gasteiger partial charge in [-0.2, -0.15) is 0 Å². The fourth-order valence-corrected chi connectivity index (χ4v) is 1.57. The lowest BCUT2D eigenvalue weighted by Gasteiger charge is -1.99. The average molecular weight is 206 g/mol. The molecule has 1 heterocycles. The Bertz CT molecular complexity index is 553. The molecular weight excluding hydrogens is 196 g/mol. The summed E-state index contributed by atoms with van der Waals surface area (Å²) in [6.07, 6.45) is 0.479. The third-order valence-electron chi connectivity index (χ3n) is 2.30. The zero-order valence-electron chi connectivity index (χ0n) is 7.91. The van der Waals surface area contributed by atoms with E-state index in [1.54, 1.807) is 12.1 Å². The third kappa shape index (κ3) is 1.76. The number of fused-ring (bicyclic) bond motifs is 1. The van der Waals surface area contributed by atoms with Crippen LogP contribution in [0, 0.1) is 0 Å². The Morgan fingerprint density at radius 1 is 1.33 bits per heavy atom. The van der Waals surface area contributed by atoms with E-state index in [2.05, 4.69) is 10.2 Å².